The molecule has 0 aliphatic carbocycles. The summed E-state index contributed by atoms with van der Waals surface area (Å²) in [5.41, 5.74) is 0.588. The molecule has 1 aromatic rings. The van der Waals surface area contributed by atoms with E-state index in [0.29, 0.717) is 5.56 Å². The monoisotopic (exact) mass is 120 g/mol. The minimum absolute atomic E-state index is 0.210. The second kappa shape index (κ2) is 2.32. The van der Waals surface area contributed by atoms with Crippen LogP contribution in [0.4, 0.5) is 0 Å². The van der Waals surface area contributed by atoms with Crippen molar-refractivity contribution in [2.75, 3.05) is 0 Å². The molecule has 0 spiro atoms. The topological polar surface area (TPSA) is 23.8 Å². The molecular formula is C8H7N. The maximum Gasteiger partial charge on any atom is 0.0991 e. The Hall–Kier alpha value is -1.29. The summed E-state index contributed by atoms with van der Waals surface area (Å²) >= 11 is 0. The molecule has 0 saturated heterocycles. The summed E-state index contributed by atoms with van der Waals surface area (Å²) in [6, 6.07) is 7.91. The highest BCUT2D eigenvalue weighted by atomic mass is 14.2. The maximum atomic E-state index is 8.49. The smallest absolute Gasteiger partial charge is 0.0991 e. The van der Waals surface area contributed by atoms with Crippen molar-refractivity contribution in [3.8, 4) is 6.07 Å². The summed E-state index contributed by atoms with van der Waals surface area (Å²) < 4.78 is 21.2. The van der Waals surface area contributed by atoms with Gasteiger partial charge in [0.25, 0.3) is 0 Å². The summed E-state index contributed by atoms with van der Waals surface area (Å²) in [6.45, 7) is -2.12. The molecule has 0 saturated carbocycles. The van der Waals surface area contributed by atoms with Gasteiger partial charge in [-0.15, -0.1) is 0 Å². The molecule has 44 valence electrons. The van der Waals surface area contributed by atoms with Gasteiger partial charge in [0.2, 0.25) is 0 Å². The van der Waals surface area contributed by atoms with Gasteiger partial charge in [0.05, 0.1) is 11.6 Å². The normalized spacial score (nSPS) is 14.8. The van der Waals surface area contributed by atoms with Gasteiger partial charge in [-0.05, 0) is 24.5 Å². The first-order chi connectivity index (χ1) is 5.54. The Morgan fingerprint density at radius 2 is 2.56 bits per heavy atom. The van der Waals surface area contributed by atoms with E-state index in [1.807, 2.05) is 6.07 Å². The van der Waals surface area contributed by atoms with Crippen LogP contribution in [0.25, 0.3) is 0 Å². The van der Waals surface area contributed by atoms with E-state index < -0.39 is 6.85 Å². The lowest BCUT2D eigenvalue weighted by Crippen LogP contribution is -1.73. The second-order valence-electron chi connectivity index (χ2n) is 1.69. The Balaban J connectivity index is 3.13. The highest BCUT2D eigenvalue weighted by molar-refractivity contribution is 5.31. The highest BCUT2D eigenvalue weighted by Gasteiger charge is 1.86. The van der Waals surface area contributed by atoms with E-state index in [1.165, 1.54) is 12.1 Å². The van der Waals surface area contributed by atoms with Crippen LogP contribution in [0.2, 0.25) is 0 Å². The Morgan fingerprint density at radius 3 is 3.22 bits per heavy atom. The molecule has 0 aliphatic heterocycles. The van der Waals surface area contributed by atoms with Crippen molar-refractivity contribution in [2.45, 2.75) is 6.85 Å². The zero-order valence-corrected chi connectivity index (χ0v) is 4.76. The quantitative estimate of drug-likeness (QED) is 0.512. The van der Waals surface area contributed by atoms with Crippen molar-refractivity contribution >= 4 is 0 Å². The van der Waals surface area contributed by atoms with Gasteiger partial charge in [-0.25, -0.2) is 0 Å². The number of hydrogen-bond acceptors (Lipinski definition) is 1. The third kappa shape index (κ3) is 1.30. The third-order valence-electron chi connectivity index (χ3n) is 0.992. The standard InChI is InChI=1S/C8H7N/c1-7-3-2-4-8(5-7)6-9/h2-5H,1H3/i1D3. The van der Waals surface area contributed by atoms with Gasteiger partial charge in [-0.2, -0.15) is 5.26 Å². The predicted octanol–water partition coefficient (Wildman–Crippen LogP) is 1.87. The summed E-state index contributed by atoms with van der Waals surface area (Å²) in [6.07, 6.45) is 0. The average molecular weight is 120 g/mol. The zero-order valence-electron chi connectivity index (χ0n) is 7.76. The van der Waals surface area contributed by atoms with E-state index in [9.17, 15) is 0 Å². The van der Waals surface area contributed by atoms with Gasteiger partial charge in [-0.3, -0.25) is 0 Å². The largest absolute Gasteiger partial charge is 0.192 e. The number of benzene rings is 1. The van der Waals surface area contributed by atoms with Crippen molar-refractivity contribution in [3.05, 3.63) is 35.4 Å². The molecule has 1 rings (SSSR count). The maximum absolute atomic E-state index is 8.49. The fourth-order valence-electron chi connectivity index (χ4n) is 0.589. The van der Waals surface area contributed by atoms with Crippen molar-refractivity contribution < 1.29 is 4.11 Å². The van der Waals surface area contributed by atoms with Gasteiger partial charge >= 0.3 is 0 Å². The summed E-state index contributed by atoms with van der Waals surface area (Å²) in [5.74, 6) is 0. The van der Waals surface area contributed by atoms with Crippen LogP contribution >= 0.6 is 0 Å². The van der Waals surface area contributed by atoms with Crippen molar-refractivity contribution in [1.82, 2.24) is 0 Å². The van der Waals surface area contributed by atoms with Crippen LogP contribution in [0.1, 0.15) is 15.2 Å². The average Bonchev–Trinajstić information content (AvgIpc) is 2.03. The van der Waals surface area contributed by atoms with Crippen molar-refractivity contribution in [3.63, 3.8) is 0 Å². The third-order valence-corrected chi connectivity index (χ3v) is 0.992. The molecule has 1 nitrogen and oxygen atoms in total. The molecular weight excluding hydrogens is 110 g/mol. The first-order valence-electron chi connectivity index (χ1n) is 4.04. The molecule has 0 atom stereocenters. The molecule has 0 amide bonds. The lowest BCUT2D eigenvalue weighted by Gasteiger charge is -1.88. The lowest BCUT2D eigenvalue weighted by atomic mass is 10.2. The summed E-state index contributed by atoms with van der Waals surface area (Å²) in [4.78, 5) is 0. The number of hydrogen-bond donors (Lipinski definition) is 0. The Bertz CT molecular complexity index is 322. The van der Waals surface area contributed by atoms with Crippen LogP contribution in [0, 0.1) is 18.2 Å². The number of nitrogens with zero attached hydrogens (tertiary/aromatic N) is 1. The number of aryl methyl sites for hydroxylation is 1. The summed E-state index contributed by atoms with van der Waals surface area (Å²) in [7, 11) is 0. The fourth-order valence-corrected chi connectivity index (χ4v) is 0.589. The second-order valence-corrected chi connectivity index (χ2v) is 1.69. The lowest BCUT2D eigenvalue weighted by molar-refractivity contribution is 1.42. The predicted molar refractivity (Wildman–Crippen MR) is 35.9 cm³/mol. The van der Waals surface area contributed by atoms with Crippen LogP contribution in [-0.4, -0.2) is 0 Å². The minimum Gasteiger partial charge on any atom is -0.192 e. The van der Waals surface area contributed by atoms with Crippen molar-refractivity contribution in [2.24, 2.45) is 0 Å². The van der Waals surface area contributed by atoms with Crippen LogP contribution in [0.3, 0.4) is 0 Å². The molecule has 0 aromatic heterocycles. The molecule has 0 radical (unpaired) electrons. The molecule has 9 heavy (non-hydrogen) atoms. The van der Waals surface area contributed by atoms with E-state index in [4.69, 9.17) is 9.37 Å². The molecule has 0 heterocycles. The van der Waals surface area contributed by atoms with Crippen LogP contribution in [0.5, 0.6) is 0 Å². The van der Waals surface area contributed by atoms with Gasteiger partial charge in [0, 0.05) is 4.11 Å². The van der Waals surface area contributed by atoms with Gasteiger partial charge < -0.3 is 0 Å². The van der Waals surface area contributed by atoms with Crippen molar-refractivity contribution in [1.29, 1.82) is 5.26 Å². The number of rotatable bonds is 0. The van der Waals surface area contributed by atoms with E-state index in [-0.39, 0.29) is 5.56 Å². The van der Waals surface area contributed by atoms with Crippen LogP contribution < -0.4 is 0 Å². The van der Waals surface area contributed by atoms with Gasteiger partial charge in [0.1, 0.15) is 0 Å². The molecule has 1 heteroatoms. The first-order valence-corrected chi connectivity index (χ1v) is 2.54. The van der Waals surface area contributed by atoms with Crippen LogP contribution in [-0.2, 0) is 0 Å². The molecule has 1 aromatic carbocycles. The minimum atomic E-state index is -2.12. The van der Waals surface area contributed by atoms with Gasteiger partial charge in [-0.1, -0.05) is 12.1 Å². The Kier molecular flexibility index (Phi) is 0.780. The van der Waals surface area contributed by atoms with E-state index >= 15 is 0 Å². The fraction of sp³-hybridized carbons (Fsp3) is 0.125. The molecule has 0 fully saturated rings. The van der Waals surface area contributed by atoms with E-state index in [2.05, 4.69) is 0 Å². The zero-order chi connectivity index (χ0) is 9.19. The Morgan fingerprint density at radius 1 is 1.67 bits per heavy atom. The van der Waals surface area contributed by atoms with E-state index in [1.54, 1.807) is 12.1 Å². The van der Waals surface area contributed by atoms with E-state index in [0.717, 1.165) is 0 Å². The first kappa shape index (κ1) is 3.03. The molecule has 0 bridgehead atoms. The van der Waals surface area contributed by atoms with Crippen LogP contribution in [0.15, 0.2) is 24.3 Å². The SMILES string of the molecule is [2H]C([2H])([2H])c1cccc(C#N)c1. The highest BCUT2D eigenvalue weighted by Crippen LogP contribution is 2.00. The summed E-state index contributed by atoms with van der Waals surface area (Å²) in [5, 5.41) is 8.49. The molecule has 0 unspecified atom stereocenters. The molecule has 0 aliphatic rings. The Labute approximate surface area is 58.8 Å². The van der Waals surface area contributed by atoms with Gasteiger partial charge in [0.15, 0.2) is 0 Å². The number of nitriles is 1. The molecule has 0 N–H and O–H groups in total.